The molecule has 1 aromatic carbocycles. The average molecular weight is 330 g/mol. The quantitative estimate of drug-likeness (QED) is 0.341. The van der Waals surface area contributed by atoms with Crippen molar-refractivity contribution in [2.45, 2.75) is 6.04 Å². The minimum atomic E-state index is -1.09. The van der Waals surface area contributed by atoms with Crippen LogP contribution < -0.4 is 11.1 Å². The molecule has 1 unspecified atom stereocenters. The summed E-state index contributed by atoms with van der Waals surface area (Å²) in [5, 5.41) is 32.9. The third-order valence-electron chi connectivity index (χ3n) is 2.57. The van der Waals surface area contributed by atoms with Gasteiger partial charge in [0.05, 0.1) is 15.9 Å². The summed E-state index contributed by atoms with van der Waals surface area (Å²) >= 11 is 1.28. The molecule has 120 valence electrons. The van der Waals surface area contributed by atoms with Crippen LogP contribution in [0.15, 0.2) is 18.2 Å². The zero-order valence-corrected chi connectivity index (χ0v) is 12.1. The van der Waals surface area contributed by atoms with Crippen LogP contribution in [0.3, 0.4) is 0 Å². The van der Waals surface area contributed by atoms with Crippen LogP contribution in [-0.2, 0) is 4.79 Å². The molecule has 0 aliphatic heterocycles. The molecule has 10 nitrogen and oxygen atoms in total. The lowest BCUT2D eigenvalue weighted by atomic mass is 10.2. The van der Waals surface area contributed by atoms with Gasteiger partial charge < -0.3 is 16.2 Å². The largest absolute Gasteiger partial charge is 0.480 e. The fourth-order valence-electron chi connectivity index (χ4n) is 1.47. The van der Waals surface area contributed by atoms with Crippen molar-refractivity contribution in [1.82, 2.24) is 0 Å². The molecule has 0 bridgehead atoms. The van der Waals surface area contributed by atoms with E-state index in [0.717, 1.165) is 6.07 Å². The summed E-state index contributed by atoms with van der Waals surface area (Å²) in [6.45, 7) is 0.329. The summed E-state index contributed by atoms with van der Waals surface area (Å²) in [6.07, 6.45) is 0. The second-order valence-electron chi connectivity index (χ2n) is 4.16. The fraction of sp³-hybridized carbons (Fsp3) is 0.364. The first-order valence-electron chi connectivity index (χ1n) is 6.05. The lowest BCUT2D eigenvalue weighted by Crippen LogP contribution is -2.32. The van der Waals surface area contributed by atoms with Crippen molar-refractivity contribution in [3.63, 3.8) is 0 Å². The number of anilines is 1. The normalized spacial score (nSPS) is 11.7. The lowest BCUT2D eigenvalue weighted by Gasteiger charge is -2.08. The molecule has 0 spiro atoms. The molecule has 1 rings (SSSR count). The van der Waals surface area contributed by atoms with Gasteiger partial charge in [-0.3, -0.25) is 25.0 Å². The zero-order valence-electron chi connectivity index (χ0n) is 11.3. The maximum absolute atomic E-state index is 10.9. The Labute approximate surface area is 129 Å². The SMILES string of the molecule is NC(CSCCNc1ccc([N+](=O)[O-])cc1[N+](=O)[O-])C(=O)O. The first kappa shape index (κ1) is 17.7. The Balaban J connectivity index is 2.57. The standard InChI is InChI=1S/C11H14N4O6S/c12-8(11(16)17)6-22-4-3-13-9-2-1-7(14(18)19)5-10(9)15(20)21/h1-2,5,8,13H,3-4,6,12H2,(H,16,17). The van der Waals surface area contributed by atoms with Crippen LogP contribution in [0.2, 0.25) is 0 Å². The average Bonchev–Trinajstić information content (AvgIpc) is 2.46. The predicted octanol–water partition coefficient (Wildman–Crippen LogP) is 1.06. The Morgan fingerprint density at radius 1 is 1.36 bits per heavy atom. The highest BCUT2D eigenvalue weighted by Crippen LogP contribution is 2.28. The second kappa shape index (κ2) is 8.14. The van der Waals surface area contributed by atoms with Gasteiger partial charge in [-0.1, -0.05) is 0 Å². The number of nitro benzene ring substituents is 2. The third kappa shape index (κ3) is 5.18. The maximum atomic E-state index is 10.9. The van der Waals surface area contributed by atoms with Crippen molar-refractivity contribution in [3.8, 4) is 0 Å². The Hall–Kier alpha value is -2.40. The molecule has 0 aliphatic carbocycles. The van der Waals surface area contributed by atoms with E-state index in [4.69, 9.17) is 10.8 Å². The maximum Gasteiger partial charge on any atom is 0.321 e. The van der Waals surface area contributed by atoms with Gasteiger partial charge in [0.2, 0.25) is 0 Å². The molecule has 0 amide bonds. The minimum Gasteiger partial charge on any atom is -0.480 e. The first-order chi connectivity index (χ1) is 10.3. The summed E-state index contributed by atoms with van der Waals surface area (Å²) < 4.78 is 0. The molecular formula is C11H14N4O6S. The third-order valence-corrected chi connectivity index (χ3v) is 3.65. The monoisotopic (exact) mass is 330 g/mol. The van der Waals surface area contributed by atoms with Crippen molar-refractivity contribution >= 4 is 34.8 Å². The smallest absolute Gasteiger partial charge is 0.321 e. The Morgan fingerprint density at radius 3 is 2.59 bits per heavy atom. The van der Waals surface area contributed by atoms with E-state index in [0.29, 0.717) is 12.3 Å². The summed E-state index contributed by atoms with van der Waals surface area (Å²) in [5.74, 6) is -0.388. The highest BCUT2D eigenvalue weighted by Gasteiger charge is 2.19. The predicted molar refractivity (Wildman–Crippen MR) is 81.2 cm³/mol. The molecule has 0 heterocycles. The van der Waals surface area contributed by atoms with Crippen molar-refractivity contribution in [1.29, 1.82) is 0 Å². The number of carboxylic acid groups (broad SMARTS) is 1. The number of nitro groups is 2. The van der Waals surface area contributed by atoms with Crippen LogP contribution in [0.1, 0.15) is 0 Å². The van der Waals surface area contributed by atoms with E-state index in [1.54, 1.807) is 0 Å². The Kier molecular flexibility index (Phi) is 6.53. The van der Waals surface area contributed by atoms with Crippen molar-refractivity contribution in [2.24, 2.45) is 5.73 Å². The van der Waals surface area contributed by atoms with Crippen molar-refractivity contribution in [2.75, 3.05) is 23.4 Å². The van der Waals surface area contributed by atoms with E-state index in [9.17, 15) is 25.0 Å². The molecule has 0 fully saturated rings. The molecule has 4 N–H and O–H groups in total. The number of carbonyl (C=O) groups is 1. The van der Waals surface area contributed by atoms with Gasteiger partial charge in [0, 0.05) is 24.1 Å². The van der Waals surface area contributed by atoms with Gasteiger partial charge in [0.1, 0.15) is 11.7 Å². The van der Waals surface area contributed by atoms with Crippen LogP contribution in [0.4, 0.5) is 17.1 Å². The molecule has 1 aromatic rings. The van der Waals surface area contributed by atoms with Crippen LogP contribution in [0.5, 0.6) is 0 Å². The van der Waals surface area contributed by atoms with Gasteiger partial charge >= 0.3 is 5.97 Å². The summed E-state index contributed by atoms with van der Waals surface area (Å²) in [5.41, 5.74) is 4.74. The van der Waals surface area contributed by atoms with Crippen molar-refractivity contribution < 1.29 is 19.7 Å². The number of carboxylic acids is 1. The van der Waals surface area contributed by atoms with Gasteiger partial charge in [-0.25, -0.2) is 0 Å². The van der Waals surface area contributed by atoms with Crippen LogP contribution in [0.25, 0.3) is 0 Å². The molecule has 0 saturated carbocycles. The van der Waals surface area contributed by atoms with Gasteiger partial charge in [-0.05, 0) is 6.07 Å². The number of hydrogen-bond acceptors (Lipinski definition) is 8. The zero-order chi connectivity index (χ0) is 16.7. The van der Waals surface area contributed by atoms with Gasteiger partial charge in [-0.2, -0.15) is 11.8 Å². The molecule has 0 aromatic heterocycles. The molecule has 0 saturated heterocycles. The van der Waals surface area contributed by atoms with Gasteiger partial charge in [0.15, 0.2) is 0 Å². The number of aliphatic carboxylic acids is 1. The number of non-ortho nitro benzene ring substituents is 1. The topological polar surface area (TPSA) is 162 Å². The highest BCUT2D eigenvalue weighted by atomic mass is 32.2. The van der Waals surface area contributed by atoms with E-state index in [2.05, 4.69) is 5.32 Å². The van der Waals surface area contributed by atoms with E-state index < -0.39 is 21.9 Å². The van der Waals surface area contributed by atoms with E-state index in [-0.39, 0.29) is 22.8 Å². The summed E-state index contributed by atoms with van der Waals surface area (Å²) in [6, 6.07) is 2.36. The minimum absolute atomic E-state index is 0.165. The number of nitrogens with two attached hydrogens (primary N) is 1. The van der Waals surface area contributed by atoms with E-state index >= 15 is 0 Å². The Morgan fingerprint density at radius 2 is 2.05 bits per heavy atom. The van der Waals surface area contributed by atoms with E-state index in [1.165, 1.54) is 23.9 Å². The van der Waals surface area contributed by atoms with Gasteiger partial charge in [-0.15, -0.1) is 0 Å². The molecular weight excluding hydrogens is 316 g/mol. The highest BCUT2D eigenvalue weighted by molar-refractivity contribution is 7.99. The Bertz CT molecular complexity index is 582. The van der Waals surface area contributed by atoms with Crippen molar-refractivity contribution in [3.05, 3.63) is 38.4 Å². The number of nitrogens with one attached hydrogen (secondary N) is 1. The summed E-state index contributed by atoms with van der Waals surface area (Å²) in [7, 11) is 0. The van der Waals surface area contributed by atoms with Gasteiger partial charge in [0.25, 0.3) is 11.4 Å². The molecule has 0 aliphatic rings. The van der Waals surface area contributed by atoms with Crippen LogP contribution >= 0.6 is 11.8 Å². The van der Waals surface area contributed by atoms with Crippen LogP contribution in [-0.4, -0.2) is 45.0 Å². The number of thioether (sulfide) groups is 1. The fourth-order valence-corrected chi connectivity index (χ4v) is 2.28. The number of hydrogen-bond donors (Lipinski definition) is 3. The molecule has 11 heteroatoms. The number of benzene rings is 1. The number of nitrogens with zero attached hydrogens (tertiary/aromatic N) is 2. The molecule has 22 heavy (non-hydrogen) atoms. The van der Waals surface area contributed by atoms with E-state index in [1.807, 2.05) is 0 Å². The summed E-state index contributed by atoms with van der Waals surface area (Å²) in [4.78, 5) is 30.6. The number of rotatable bonds is 9. The lowest BCUT2D eigenvalue weighted by molar-refractivity contribution is -0.393. The molecule has 1 atom stereocenters. The second-order valence-corrected chi connectivity index (χ2v) is 5.31. The molecule has 0 radical (unpaired) electrons. The van der Waals surface area contributed by atoms with Crippen LogP contribution in [0, 0.1) is 20.2 Å². The first-order valence-corrected chi connectivity index (χ1v) is 7.21.